The van der Waals surface area contributed by atoms with Gasteiger partial charge < -0.3 is 20.3 Å². The summed E-state index contributed by atoms with van der Waals surface area (Å²) in [7, 11) is 0. The first-order valence-electron chi connectivity index (χ1n) is 30.5. The van der Waals surface area contributed by atoms with Gasteiger partial charge in [0.15, 0.2) is 0 Å². The Morgan fingerprint density at radius 3 is 1.21 bits per heavy atom. The number of hydrogen-bond donors (Lipinski definition) is 3. The number of allylic oxidation sites excluding steroid dienone is 10. The lowest BCUT2D eigenvalue weighted by Gasteiger charge is -2.24. The standard InChI is InChI=1S/C64H117NO5/c1-4-7-10-13-16-19-22-25-28-31-33-36-39-42-45-48-51-54-57-64(69)70-60(55-52-49-46-43-40-37-34-32-29-26-23-20-17-14-11-8-5-2)58-63(68)65-61(59-66)62(67)56-53-50-47-44-41-38-35-30-27-24-21-18-15-12-9-6-3/h17,20,26,28-29,31,33-34,36-37,60-62,66-67H,4-16,18-19,21-25,27,30,32,35,38-59H2,1-3H3,(H,65,68)/b20-17-,29-26-,31-28+,36-33+,37-34-. The zero-order chi connectivity index (χ0) is 50.9. The smallest absolute Gasteiger partial charge is 0.306 e. The molecule has 0 heterocycles. The van der Waals surface area contributed by atoms with Crippen molar-refractivity contribution in [1.82, 2.24) is 5.32 Å². The number of rotatable bonds is 55. The molecule has 0 bridgehead atoms. The molecular weight excluding hydrogens is 863 g/mol. The van der Waals surface area contributed by atoms with Crippen molar-refractivity contribution < 1.29 is 24.5 Å². The number of unbranched alkanes of at least 4 members (excludes halogenated alkanes) is 34. The number of amides is 1. The second-order valence-corrected chi connectivity index (χ2v) is 20.8. The molecule has 0 rings (SSSR count). The minimum absolute atomic E-state index is 0.0563. The van der Waals surface area contributed by atoms with Gasteiger partial charge in [0.1, 0.15) is 6.10 Å². The van der Waals surface area contributed by atoms with Gasteiger partial charge in [0.05, 0.1) is 25.2 Å². The molecule has 3 unspecified atom stereocenters. The molecule has 0 aliphatic rings. The normalized spacial score (nSPS) is 13.5. The van der Waals surface area contributed by atoms with Gasteiger partial charge in [-0.3, -0.25) is 9.59 Å². The summed E-state index contributed by atoms with van der Waals surface area (Å²) in [6.07, 6.45) is 72.8. The van der Waals surface area contributed by atoms with Gasteiger partial charge in [0, 0.05) is 6.42 Å². The predicted molar refractivity (Wildman–Crippen MR) is 305 cm³/mol. The van der Waals surface area contributed by atoms with Crippen molar-refractivity contribution in [3.8, 4) is 0 Å². The molecule has 0 fully saturated rings. The van der Waals surface area contributed by atoms with Crippen LogP contribution in [0.1, 0.15) is 310 Å². The Balaban J connectivity index is 4.62. The van der Waals surface area contributed by atoms with Crippen molar-refractivity contribution >= 4 is 11.9 Å². The Bertz CT molecular complexity index is 1240. The van der Waals surface area contributed by atoms with E-state index in [-0.39, 0.29) is 24.9 Å². The van der Waals surface area contributed by atoms with Gasteiger partial charge in [-0.05, 0) is 89.9 Å². The van der Waals surface area contributed by atoms with Crippen LogP contribution in [0.2, 0.25) is 0 Å². The third-order valence-corrected chi connectivity index (χ3v) is 13.8. The van der Waals surface area contributed by atoms with Gasteiger partial charge in [-0.1, -0.05) is 268 Å². The summed E-state index contributed by atoms with van der Waals surface area (Å²) in [5.41, 5.74) is 0. The lowest BCUT2D eigenvalue weighted by Crippen LogP contribution is -2.46. The van der Waals surface area contributed by atoms with Crippen LogP contribution in [0.5, 0.6) is 0 Å². The Morgan fingerprint density at radius 2 is 0.771 bits per heavy atom. The topological polar surface area (TPSA) is 95.9 Å². The molecule has 3 atom stereocenters. The maximum Gasteiger partial charge on any atom is 0.306 e. The highest BCUT2D eigenvalue weighted by molar-refractivity contribution is 5.77. The average molecular weight is 981 g/mol. The van der Waals surface area contributed by atoms with Gasteiger partial charge in [-0.25, -0.2) is 0 Å². The van der Waals surface area contributed by atoms with Crippen LogP contribution in [0, 0.1) is 0 Å². The van der Waals surface area contributed by atoms with E-state index in [1.807, 2.05) is 0 Å². The minimum Gasteiger partial charge on any atom is -0.462 e. The number of hydrogen-bond acceptors (Lipinski definition) is 5. The van der Waals surface area contributed by atoms with E-state index in [4.69, 9.17) is 4.74 Å². The van der Waals surface area contributed by atoms with Crippen LogP contribution in [0.4, 0.5) is 0 Å². The number of aliphatic hydroxyl groups is 2. The molecule has 0 saturated heterocycles. The fourth-order valence-electron chi connectivity index (χ4n) is 9.19. The van der Waals surface area contributed by atoms with Crippen molar-refractivity contribution in [3.05, 3.63) is 60.8 Å². The molecule has 0 aromatic rings. The number of carbonyl (C=O) groups is 2. The van der Waals surface area contributed by atoms with Crippen LogP contribution in [-0.2, 0) is 14.3 Å². The molecule has 0 aliphatic carbocycles. The number of carbonyl (C=O) groups excluding carboxylic acids is 2. The fourth-order valence-corrected chi connectivity index (χ4v) is 9.19. The maximum atomic E-state index is 13.3. The van der Waals surface area contributed by atoms with Crippen molar-refractivity contribution in [2.75, 3.05) is 6.61 Å². The highest BCUT2D eigenvalue weighted by Crippen LogP contribution is 2.18. The summed E-state index contributed by atoms with van der Waals surface area (Å²) in [6.45, 7) is 6.48. The first-order valence-corrected chi connectivity index (χ1v) is 30.5. The molecule has 0 saturated carbocycles. The second kappa shape index (κ2) is 57.5. The molecule has 70 heavy (non-hydrogen) atoms. The number of esters is 1. The van der Waals surface area contributed by atoms with Crippen molar-refractivity contribution in [3.63, 3.8) is 0 Å². The molecular formula is C64H117NO5. The summed E-state index contributed by atoms with van der Waals surface area (Å²) in [6, 6.07) is -0.715. The molecule has 1 amide bonds. The summed E-state index contributed by atoms with van der Waals surface area (Å²) in [5, 5.41) is 23.9. The van der Waals surface area contributed by atoms with E-state index in [0.717, 1.165) is 103 Å². The third-order valence-electron chi connectivity index (χ3n) is 13.8. The van der Waals surface area contributed by atoms with Crippen molar-refractivity contribution in [2.24, 2.45) is 0 Å². The second-order valence-electron chi connectivity index (χ2n) is 20.8. The SMILES string of the molecule is CCCCC/C=C\C/C=C\C/C=C\CCCCCCC(CC(=O)NC(CO)C(O)CCCCCCCCCCCCCCCCCC)OC(=O)CCCCCCC/C=C/C=C/CCCCCCCCC. The Labute approximate surface area is 435 Å². The molecule has 408 valence electrons. The Morgan fingerprint density at radius 1 is 0.429 bits per heavy atom. The van der Waals surface area contributed by atoms with Crippen LogP contribution in [0.15, 0.2) is 60.8 Å². The molecule has 0 radical (unpaired) electrons. The van der Waals surface area contributed by atoms with E-state index in [1.54, 1.807) is 0 Å². The first kappa shape index (κ1) is 67.6. The quantitative estimate of drug-likeness (QED) is 0.0244. The molecule has 0 aromatic carbocycles. The molecule has 0 aliphatic heterocycles. The van der Waals surface area contributed by atoms with E-state index < -0.39 is 18.2 Å². The lowest BCUT2D eigenvalue weighted by molar-refractivity contribution is -0.151. The van der Waals surface area contributed by atoms with Crippen molar-refractivity contribution in [2.45, 2.75) is 328 Å². The van der Waals surface area contributed by atoms with Gasteiger partial charge in [-0.2, -0.15) is 0 Å². The van der Waals surface area contributed by atoms with Crippen LogP contribution in [0.3, 0.4) is 0 Å². The van der Waals surface area contributed by atoms with E-state index >= 15 is 0 Å². The summed E-state index contributed by atoms with van der Waals surface area (Å²) >= 11 is 0. The van der Waals surface area contributed by atoms with Gasteiger partial charge >= 0.3 is 5.97 Å². The summed E-state index contributed by atoms with van der Waals surface area (Å²) < 4.78 is 5.96. The maximum absolute atomic E-state index is 13.3. The van der Waals surface area contributed by atoms with Crippen LogP contribution in [0.25, 0.3) is 0 Å². The lowest BCUT2D eigenvalue weighted by atomic mass is 10.0. The fraction of sp³-hybridized carbons (Fsp3) is 0.812. The number of aliphatic hydroxyl groups excluding tert-OH is 2. The predicted octanol–water partition coefficient (Wildman–Crippen LogP) is 19.1. The molecule has 0 aromatic heterocycles. The Kier molecular flexibility index (Phi) is 55.5. The highest BCUT2D eigenvalue weighted by Gasteiger charge is 2.24. The minimum atomic E-state index is -0.800. The van der Waals surface area contributed by atoms with E-state index in [2.05, 4.69) is 86.8 Å². The zero-order valence-corrected chi connectivity index (χ0v) is 46.7. The van der Waals surface area contributed by atoms with E-state index in [0.29, 0.717) is 19.3 Å². The Hall–Kier alpha value is -2.44. The number of nitrogens with one attached hydrogen (secondary N) is 1. The van der Waals surface area contributed by atoms with E-state index in [9.17, 15) is 19.8 Å². The van der Waals surface area contributed by atoms with Gasteiger partial charge in [0.25, 0.3) is 0 Å². The van der Waals surface area contributed by atoms with Crippen LogP contribution >= 0.6 is 0 Å². The zero-order valence-electron chi connectivity index (χ0n) is 46.7. The highest BCUT2D eigenvalue weighted by atomic mass is 16.5. The molecule has 3 N–H and O–H groups in total. The van der Waals surface area contributed by atoms with Crippen LogP contribution in [-0.4, -0.2) is 46.9 Å². The monoisotopic (exact) mass is 980 g/mol. The molecule has 0 spiro atoms. The van der Waals surface area contributed by atoms with E-state index in [1.165, 1.54) is 161 Å². The first-order chi connectivity index (χ1) is 34.5. The largest absolute Gasteiger partial charge is 0.462 e. The van der Waals surface area contributed by atoms with Gasteiger partial charge in [-0.15, -0.1) is 0 Å². The summed E-state index contributed by atoms with van der Waals surface area (Å²) in [4.78, 5) is 26.3. The molecule has 6 nitrogen and oxygen atoms in total. The number of ether oxygens (including phenoxy) is 1. The average Bonchev–Trinajstić information content (AvgIpc) is 3.35. The third kappa shape index (κ3) is 51.9. The molecule has 6 heteroatoms. The van der Waals surface area contributed by atoms with Gasteiger partial charge in [0.2, 0.25) is 5.91 Å². The van der Waals surface area contributed by atoms with Crippen LogP contribution < -0.4 is 5.32 Å². The summed E-state index contributed by atoms with van der Waals surface area (Å²) in [5.74, 6) is -0.504. The van der Waals surface area contributed by atoms with Crippen molar-refractivity contribution in [1.29, 1.82) is 0 Å².